The molecule has 3 rings (SSSR count). The van der Waals surface area contributed by atoms with Crippen molar-refractivity contribution in [1.29, 1.82) is 0 Å². The molecule has 1 aliphatic carbocycles. The van der Waals surface area contributed by atoms with Crippen LogP contribution in [-0.4, -0.2) is 19.1 Å². The molecule has 0 aliphatic heterocycles. The number of aromatic nitrogens is 4. The highest BCUT2D eigenvalue weighted by Crippen LogP contribution is 2.34. The minimum Gasteiger partial charge on any atom is -0.325 e. The number of hydrogen-bond acceptors (Lipinski definition) is 3. The van der Waals surface area contributed by atoms with E-state index in [9.17, 15) is 9.59 Å². The minimum absolute atomic E-state index is 0.215. The lowest BCUT2D eigenvalue weighted by Gasteiger charge is -2.04. The summed E-state index contributed by atoms with van der Waals surface area (Å²) in [5.74, 6) is 0. The van der Waals surface area contributed by atoms with Gasteiger partial charge in [-0.2, -0.15) is 0 Å². The summed E-state index contributed by atoms with van der Waals surface area (Å²) in [6, 6.07) is 0.215. The number of nitrogens with one attached hydrogen (secondary N) is 1. The van der Waals surface area contributed by atoms with Crippen LogP contribution in [-0.2, 0) is 6.54 Å². The van der Waals surface area contributed by atoms with Crippen LogP contribution in [0.15, 0.2) is 15.9 Å². The van der Waals surface area contributed by atoms with Crippen LogP contribution in [0.2, 0.25) is 0 Å². The summed E-state index contributed by atoms with van der Waals surface area (Å²) in [4.78, 5) is 30.2. The summed E-state index contributed by atoms with van der Waals surface area (Å²) in [5, 5.41) is 0. The van der Waals surface area contributed by atoms with E-state index in [0.717, 1.165) is 25.8 Å². The third-order valence-corrected chi connectivity index (χ3v) is 3.08. The van der Waals surface area contributed by atoms with Crippen molar-refractivity contribution in [2.45, 2.75) is 38.8 Å². The molecule has 0 spiro atoms. The zero-order chi connectivity index (χ0) is 12.0. The van der Waals surface area contributed by atoms with E-state index in [2.05, 4.69) is 9.97 Å². The van der Waals surface area contributed by atoms with Crippen molar-refractivity contribution in [3.05, 3.63) is 27.2 Å². The largest absolute Gasteiger partial charge is 0.330 e. The number of fused-ring (bicyclic) bond motifs is 1. The maximum atomic E-state index is 11.8. The Morgan fingerprint density at radius 1 is 1.47 bits per heavy atom. The number of imidazole rings is 1. The van der Waals surface area contributed by atoms with Crippen LogP contribution in [0.3, 0.4) is 0 Å². The number of nitrogens with zero attached hydrogens (tertiary/aromatic N) is 3. The zero-order valence-corrected chi connectivity index (χ0v) is 9.64. The second kappa shape index (κ2) is 3.58. The fourth-order valence-electron chi connectivity index (χ4n) is 2.17. The van der Waals surface area contributed by atoms with Gasteiger partial charge in [0.25, 0.3) is 5.56 Å². The van der Waals surface area contributed by atoms with Gasteiger partial charge in [-0.25, -0.2) is 9.78 Å². The van der Waals surface area contributed by atoms with Crippen LogP contribution in [0.5, 0.6) is 0 Å². The molecular formula is C11H14N4O2. The molecule has 6 nitrogen and oxygen atoms in total. The van der Waals surface area contributed by atoms with Gasteiger partial charge in [0.15, 0.2) is 11.2 Å². The summed E-state index contributed by atoms with van der Waals surface area (Å²) >= 11 is 0. The van der Waals surface area contributed by atoms with E-state index in [1.54, 1.807) is 10.9 Å². The lowest BCUT2D eigenvalue weighted by Crippen LogP contribution is -2.30. The maximum Gasteiger partial charge on any atom is 0.330 e. The van der Waals surface area contributed by atoms with E-state index in [1.165, 1.54) is 0 Å². The third kappa shape index (κ3) is 1.51. The molecular weight excluding hydrogens is 220 g/mol. The predicted molar refractivity (Wildman–Crippen MR) is 63.2 cm³/mol. The Labute approximate surface area is 96.9 Å². The van der Waals surface area contributed by atoms with Gasteiger partial charge >= 0.3 is 5.69 Å². The van der Waals surface area contributed by atoms with Crippen molar-refractivity contribution >= 4 is 11.2 Å². The second-order valence-electron chi connectivity index (χ2n) is 4.47. The molecule has 2 aromatic heterocycles. The summed E-state index contributed by atoms with van der Waals surface area (Å²) < 4.78 is 3.43. The van der Waals surface area contributed by atoms with Crippen molar-refractivity contribution in [1.82, 2.24) is 19.1 Å². The first-order valence-corrected chi connectivity index (χ1v) is 5.92. The van der Waals surface area contributed by atoms with Crippen LogP contribution in [0.1, 0.15) is 32.2 Å². The highest BCUT2D eigenvalue weighted by molar-refractivity contribution is 5.70. The first-order valence-electron chi connectivity index (χ1n) is 5.92. The zero-order valence-electron chi connectivity index (χ0n) is 9.64. The van der Waals surface area contributed by atoms with Crippen LogP contribution in [0.25, 0.3) is 11.2 Å². The molecule has 1 saturated carbocycles. The Bertz CT molecular complexity index is 675. The third-order valence-electron chi connectivity index (χ3n) is 3.08. The average Bonchev–Trinajstić information content (AvgIpc) is 3.01. The number of rotatable bonds is 3. The van der Waals surface area contributed by atoms with Crippen LogP contribution < -0.4 is 11.2 Å². The molecule has 0 amide bonds. The summed E-state index contributed by atoms with van der Waals surface area (Å²) in [6.45, 7) is 2.78. The van der Waals surface area contributed by atoms with E-state index in [0.29, 0.717) is 11.2 Å². The van der Waals surface area contributed by atoms with Crippen molar-refractivity contribution < 1.29 is 0 Å². The fraction of sp³-hybridized carbons (Fsp3) is 0.545. The molecule has 2 heterocycles. The normalized spacial score (nSPS) is 15.6. The van der Waals surface area contributed by atoms with Gasteiger partial charge < -0.3 is 4.57 Å². The van der Waals surface area contributed by atoms with Gasteiger partial charge in [0, 0.05) is 12.6 Å². The van der Waals surface area contributed by atoms with E-state index >= 15 is 0 Å². The van der Waals surface area contributed by atoms with Gasteiger partial charge in [-0.05, 0) is 19.3 Å². The Morgan fingerprint density at radius 3 is 2.88 bits per heavy atom. The van der Waals surface area contributed by atoms with E-state index in [4.69, 9.17) is 0 Å². The van der Waals surface area contributed by atoms with Gasteiger partial charge in [0.05, 0.1) is 6.33 Å². The smallest absolute Gasteiger partial charge is 0.325 e. The summed E-state index contributed by atoms with van der Waals surface area (Å²) in [6.07, 6.45) is 4.54. The SMILES string of the molecule is CCCn1cnc2c1c(=O)[nH]c(=O)n2C1CC1. The van der Waals surface area contributed by atoms with Gasteiger partial charge in [0.2, 0.25) is 0 Å². The number of aromatic amines is 1. The molecule has 90 valence electrons. The van der Waals surface area contributed by atoms with Crippen molar-refractivity contribution in [3.63, 3.8) is 0 Å². The van der Waals surface area contributed by atoms with Crippen LogP contribution in [0, 0.1) is 0 Å². The van der Waals surface area contributed by atoms with E-state index in [1.807, 2.05) is 11.5 Å². The summed E-state index contributed by atoms with van der Waals surface area (Å²) in [7, 11) is 0. The monoisotopic (exact) mass is 234 g/mol. The maximum absolute atomic E-state index is 11.8. The highest BCUT2D eigenvalue weighted by Gasteiger charge is 2.28. The number of aryl methyl sites for hydroxylation is 1. The molecule has 1 aliphatic rings. The Balaban J connectivity index is 2.35. The second-order valence-corrected chi connectivity index (χ2v) is 4.47. The van der Waals surface area contributed by atoms with Gasteiger partial charge in [-0.1, -0.05) is 6.92 Å². The molecule has 0 radical (unpaired) electrons. The molecule has 2 aromatic rings. The first kappa shape index (κ1) is 10.3. The predicted octanol–water partition coefficient (Wildman–Crippen LogP) is 0.631. The Morgan fingerprint density at radius 2 is 2.24 bits per heavy atom. The molecule has 0 bridgehead atoms. The molecule has 17 heavy (non-hydrogen) atoms. The molecule has 1 N–H and O–H groups in total. The van der Waals surface area contributed by atoms with E-state index in [-0.39, 0.29) is 17.3 Å². The Kier molecular flexibility index (Phi) is 2.17. The standard InChI is InChI=1S/C11H14N4O2/c1-2-5-14-6-12-9-8(14)10(16)13-11(17)15(9)7-3-4-7/h6-7H,2-5H2,1H3,(H,13,16,17). The highest BCUT2D eigenvalue weighted by atomic mass is 16.2. The fourth-order valence-corrected chi connectivity index (χ4v) is 2.17. The first-order chi connectivity index (χ1) is 8.22. The van der Waals surface area contributed by atoms with Crippen molar-refractivity contribution in [3.8, 4) is 0 Å². The van der Waals surface area contributed by atoms with Crippen LogP contribution >= 0.6 is 0 Å². The lowest BCUT2D eigenvalue weighted by atomic mass is 10.4. The molecule has 0 saturated heterocycles. The van der Waals surface area contributed by atoms with Crippen molar-refractivity contribution in [2.75, 3.05) is 0 Å². The molecule has 0 atom stereocenters. The lowest BCUT2D eigenvalue weighted by molar-refractivity contribution is 0.685. The Hall–Kier alpha value is -1.85. The van der Waals surface area contributed by atoms with Gasteiger partial charge in [-0.3, -0.25) is 14.3 Å². The average molecular weight is 234 g/mol. The van der Waals surface area contributed by atoms with Crippen LogP contribution in [0.4, 0.5) is 0 Å². The number of H-pyrrole nitrogens is 1. The quantitative estimate of drug-likeness (QED) is 0.846. The molecule has 1 fully saturated rings. The minimum atomic E-state index is -0.341. The molecule has 6 heteroatoms. The topological polar surface area (TPSA) is 72.7 Å². The molecule has 0 unspecified atom stereocenters. The van der Waals surface area contributed by atoms with Gasteiger partial charge in [-0.15, -0.1) is 0 Å². The summed E-state index contributed by atoms with van der Waals surface area (Å²) in [5.41, 5.74) is 0.354. The van der Waals surface area contributed by atoms with Crippen molar-refractivity contribution in [2.24, 2.45) is 0 Å². The van der Waals surface area contributed by atoms with Gasteiger partial charge in [0.1, 0.15) is 0 Å². The van der Waals surface area contributed by atoms with E-state index < -0.39 is 0 Å². The molecule has 0 aromatic carbocycles. The number of hydrogen-bond donors (Lipinski definition) is 1.